The Balaban J connectivity index is 5.29. The minimum Gasteiger partial charge on any atom is -0.300 e. The van der Waals surface area contributed by atoms with Crippen LogP contribution < -0.4 is 0 Å². The number of nitrogens with zero attached hydrogens (tertiary/aromatic N) is 3. The zero-order chi connectivity index (χ0) is 61.3. The van der Waals surface area contributed by atoms with E-state index in [-0.39, 0.29) is 0 Å². The van der Waals surface area contributed by atoms with Crippen molar-refractivity contribution in [3.8, 4) is 0 Å². The van der Waals surface area contributed by atoms with E-state index in [1.54, 1.807) is 13.5 Å². The maximum absolute atomic E-state index is 14.6. The molecule has 0 aromatic rings. The van der Waals surface area contributed by atoms with Gasteiger partial charge in [0.1, 0.15) is 39.6 Å². The molecule has 1 atom stereocenters. The fourth-order valence-electron chi connectivity index (χ4n) is 3.59. The van der Waals surface area contributed by atoms with E-state index in [1.807, 2.05) is 0 Å². The molecule has 0 fully saturated rings. The molecular formula is C24H14F40N3O6P3. The molecule has 9 nitrogen and oxygen atoms in total. The molecule has 1 rings (SSSR count). The van der Waals surface area contributed by atoms with E-state index in [4.69, 9.17) is 0 Å². The fourth-order valence-corrected chi connectivity index (χ4v) is 13.1. The van der Waals surface area contributed by atoms with Crippen LogP contribution in [0, 0.1) is 0 Å². The van der Waals surface area contributed by atoms with Crippen LogP contribution in [0.2, 0.25) is 0 Å². The largest absolute Gasteiger partial charge is 0.459 e. The van der Waals surface area contributed by atoms with Crippen molar-refractivity contribution in [3.63, 3.8) is 0 Å². The van der Waals surface area contributed by atoms with Crippen LogP contribution in [0.4, 0.5) is 176 Å². The highest BCUT2D eigenvalue weighted by Crippen LogP contribution is 2.82. The molecule has 0 saturated heterocycles. The van der Waals surface area contributed by atoms with Crippen LogP contribution in [-0.4, -0.2) is 148 Å². The Kier molecular flexibility index (Phi) is 19.7. The molecule has 1 unspecified atom stereocenters. The van der Waals surface area contributed by atoms with E-state index in [1.165, 1.54) is 0 Å². The minimum atomic E-state index is -8.74. The van der Waals surface area contributed by atoms with Gasteiger partial charge in [-0.15, -0.1) is 13.5 Å². The highest BCUT2D eigenvalue weighted by atomic mass is 31.3. The molecule has 76 heavy (non-hydrogen) atoms. The van der Waals surface area contributed by atoms with Crippen LogP contribution in [-0.2, 0) is 27.1 Å². The first-order valence-electron chi connectivity index (χ1n) is 16.9. The summed E-state index contributed by atoms with van der Waals surface area (Å²) < 4.78 is 574. The van der Waals surface area contributed by atoms with Gasteiger partial charge < -0.3 is 0 Å². The molecule has 0 aliphatic carbocycles. The molecule has 0 radical (unpaired) electrons. The molecular weight excluding hydrogens is 1280 g/mol. The molecule has 0 N–H and O–H groups in total. The van der Waals surface area contributed by atoms with Gasteiger partial charge in [-0.05, 0) is 0 Å². The second-order valence-corrected chi connectivity index (χ2v) is 20.4. The second kappa shape index (κ2) is 20.9. The van der Waals surface area contributed by atoms with E-state index < -0.39 is 171 Å². The normalized spacial score (nSPS) is 20.1. The quantitative estimate of drug-likeness (QED) is 0.0668. The van der Waals surface area contributed by atoms with E-state index in [2.05, 4.69) is 27.1 Å². The fraction of sp³-hybridized carbons (Fsp3) is 1.00. The summed E-state index contributed by atoms with van der Waals surface area (Å²) in [6, 6.07) is 0. The lowest BCUT2D eigenvalue weighted by Gasteiger charge is -2.38. The Hall–Kier alpha value is -2.35. The summed E-state index contributed by atoms with van der Waals surface area (Å²) in [5.74, 6) is -92.1. The minimum absolute atomic E-state index is 1.59. The standard InChI is InChI=1S/C24H14F40N3O6P3/c25-1-8(26,27)9(28,29)2-68-74(69-3-10(30,31)15(40,41)20(50,51)52)65-75(70-4-11(32,33)16(42,43)21(53,54)55,71-5-12(34,35)17(44,45)22(56,57)58)67-76(66-74,72-6-13(36,37)18(46,47)23(59,60)61)73-7-14(38,39)19(48,49)24(62,63)64/h1-7H2. The van der Waals surface area contributed by atoms with Gasteiger partial charge in [-0.3, -0.25) is 27.1 Å². The number of alkyl halides is 40. The van der Waals surface area contributed by atoms with E-state index in [9.17, 15) is 176 Å². The van der Waals surface area contributed by atoms with Crippen molar-refractivity contribution in [1.29, 1.82) is 0 Å². The zero-order valence-electron chi connectivity index (χ0n) is 33.7. The second-order valence-electron chi connectivity index (χ2n) is 13.8. The lowest BCUT2D eigenvalue weighted by Crippen LogP contribution is -2.54. The van der Waals surface area contributed by atoms with Crippen molar-refractivity contribution in [2.75, 3.05) is 46.3 Å². The van der Waals surface area contributed by atoms with Gasteiger partial charge in [-0.2, -0.15) is 171 Å². The van der Waals surface area contributed by atoms with Crippen LogP contribution in [0.5, 0.6) is 0 Å². The third kappa shape index (κ3) is 14.0. The summed E-state index contributed by atoms with van der Waals surface area (Å²) >= 11 is 0. The summed E-state index contributed by atoms with van der Waals surface area (Å²) in [6.45, 7) is -31.9. The maximum atomic E-state index is 14.6. The van der Waals surface area contributed by atoms with Gasteiger partial charge in [0, 0.05) is 0 Å². The Morgan fingerprint density at radius 2 is 0.342 bits per heavy atom. The molecule has 456 valence electrons. The van der Waals surface area contributed by atoms with Gasteiger partial charge in [0.15, 0.2) is 6.67 Å². The van der Waals surface area contributed by atoms with Gasteiger partial charge in [0.05, 0.1) is 0 Å². The van der Waals surface area contributed by atoms with Crippen molar-refractivity contribution < 1.29 is 203 Å². The number of hydrogen-bond donors (Lipinski definition) is 0. The molecule has 0 amide bonds. The SMILES string of the molecule is FCC(F)(F)C(F)(F)COP1(OCC(F)(F)C(F)(F)C(F)(F)F)=NP(OCC(F)(F)C(F)(F)C(F)(F)F)(OCC(F)(F)C(F)(F)C(F)(F)F)=NP(OCC(F)(F)C(F)(F)C(F)(F)F)(OCC(F)(F)C(F)(F)C(F)(F)F)=N1. The molecule has 0 aromatic heterocycles. The molecule has 1 aliphatic rings. The Labute approximate surface area is 388 Å². The molecule has 1 heterocycles. The van der Waals surface area contributed by atoms with E-state index >= 15 is 0 Å². The molecule has 52 heteroatoms. The van der Waals surface area contributed by atoms with Crippen molar-refractivity contribution >= 4 is 23.0 Å². The molecule has 1 aliphatic heterocycles. The third-order valence-electron chi connectivity index (χ3n) is 7.94. The average molecular weight is 1290 g/mol. The first-order chi connectivity index (χ1) is 32.7. The maximum Gasteiger partial charge on any atom is 0.459 e. The third-order valence-corrected chi connectivity index (χ3v) is 16.2. The Bertz CT molecular complexity index is 2010. The molecule has 0 bridgehead atoms. The Morgan fingerprint density at radius 1 is 0.211 bits per heavy atom. The summed E-state index contributed by atoms with van der Waals surface area (Å²) in [5, 5.41) is 0. The average Bonchev–Trinajstić information content (AvgIpc) is 3.20. The van der Waals surface area contributed by atoms with E-state index in [0.29, 0.717) is 0 Å². The van der Waals surface area contributed by atoms with Gasteiger partial charge in [-0.25, -0.2) is 4.39 Å². The highest BCUT2D eigenvalue weighted by molar-refractivity contribution is 7.78. The van der Waals surface area contributed by atoms with Gasteiger partial charge in [0.2, 0.25) is 0 Å². The topological polar surface area (TPSA) is 92.5 Å². The van der Waals surface area contributed by atoms with Crippen molar-refractivity contribution in [2.24, 2.45) is 13.5 Å². The number of hydrogen-bond acceptors (Lipinski definition) is 9. The lowest BCUT2D eigenvalue weighted by molar-refractivity contribution is -0.360. The Morgan fingerprint density at radius 3 is 0.461 bits per heavy atom. The number of halogens is 40. The summed E-state index contributed by atoms with van der Waals surface area (Å²) in [5.41, 5.74) is 0. The lowest BCUT2D eigenvalue weighted by atomic mass is 10.2. The summed E-state index contributed by atoms with van der Waals surface area (Å²) in [7, 11) is -26.1. The van der Waals surface area contributed by atoms with Crippen molar-refractivity contribution in [3.05, 3.63) is 0 Å². The van der Waals surface area contributed by atoms with Crippen LogP contribution in [0.15, 0.2) is 13.5 Å². The van der Waals surface area contributed by atoms with Crippen LogP contribution in [0.3, 0.4) is 0 Å². The predicted octanol–water partition coefficient (Wildman–Crippen LogP) is 16.3. The predicted molar refractivity (Wildman–Crippen MR) is 159 cm³/mol. The van der Waals surface area contributed by atoms with Gasteiger partial charge in [0.25, 0.3) is 0 Å². The van der Waals surface area contributed by atoms with Gasteiger partial charge >= 0.3 is 125 Å². The molecule has 0 aromatic carbocycles. The van der Waals surface area contributed by atoms with Crippen molar-refractivity contribution in [1.82, 2.24) is 0 Å². The smallest absolute Gasteiger partial charge is 0.300 e. The van der Waals surface area contributed by atoms with Gasteiger partial charge in [-0.1, -0.05) is 0 Å². The first kappa shape index (κ1) is 71.7. The monoisotopic (exact) mass is 1290 g/mol. The summed E-state index contributed by atoms with van der Waals surface area (Å²) in [4.78, 5) is 0. The van der Waals surface area contributed by atoms with Crippen molar-refractivity contribution in [2.45, 2.75) is 102 Å². The van der Waals surface area contributed by atoms with E-state index in [0.717, 1.165) is 0 Å². The number of rotatable bonds is 25. The summed E-state index contributed by atoms with van der Waals surface area (Å²) in [6.07, 6.45) is -39.6. The first-order valence-corrected chi connectivity index (χ1v) is 21.5. The van der Waals surface area contributed by atoms with Crippen LogP contribution >= 0.6 is 23.0 Å². The molecule has 0 saturated carbocycles. The highest BCUT2D eigenvalue weighted by Gasteiger charge is 2.78. The van der Waals surface area contributed by atoms with Crippen LogP contribution in [0.25, 0.3) is 0 Å². The molecule has 0 spiro atoms. The zero-order valence-corrected chi connectivity index (χ0v) is 36.4. The van der Waals surface area contributed by atoms with Crippen LogP contribution in [0.1, 0.15) is 0 Å².